The molecule has 0 bridgehead atoms. The van der Waals surface area contributed by atoms with Crippen LogP contribution in [0, 0.1) is 11.8 Å². The third kappa shape index (κ3) is 6.60. The van der Waals surface area contributed by atoms with Crippen molar-refractivity contribution < 1.29 is 8.42 Å². The first kappa shape index (κ1) is 25.9. The molecule has 1 aromatic heterocycles. The Bertz CT molecular complexity index is 1320. The molecule has 2 aliphatic carbocycles. The minimum atomic E-state index is -3.49. The summed E-state index contributed by atoms with van der Waals surface area (Å²) in [4.78, 5) is 9.84. The minimum absolute atomic E-state index is 0.000575. The number of anilines is 2. The maximum Gasteiger partial charge on any atom is 0.240 e. The van der Waals surface area contributed by atoms with Crippen LogP contribution < -0.4 is 15.4 Å². The monoisotopic (exact) mass is 521 g/mol. The number of nitrogens with one attached hydrogen (secondary N) is 3. The van der Waals surface area contributed by atoms with Crippen molar-refractivity contribution in [2.75, 3.05) is 23.7 Å². The molecule has 0 spiro atoms. The first-order valence-corrected chi connectivity index (χ1v) is 15.0. The van der Waals surface area contributed by atoms with Crippen LogP contribution in [0.5, 0.6) is 0 Å². The lowest BCUT2D eigenvalue weighted by atomic mass is 9.82. The summed E-state index contributed by atoms with van der Waals surface area (Å²) in [5, 5.41) is 8.08. The standard InChI is InChI=1S/C29H39N5O2S/c1-29(2,3)22-12-16-24(17-13-22)37(35,36)31-19-21-10-8-20(9-11-21)18-30-28-33-26-7-5-4-6-25(26)27(34-28)32-23-14-15-23/h4-7,12-13,16-17,20-21,23,31H,8-11,14-15,18-19H2,1-3H3,(H2,30,32,33,34)/t20-,21-. The Kier molecular flexibility index (Phi) is 7.41. The maximum atomic E-state index is 12.8. The van der Waals surface area contributed by atoms with E-state index in [-0.39, 0.29) is 5.41 Å². The lowest BCUT2D eigenvalue weighted by Crippen LogP contribution is -2.32. The fourth-order valence-corrected chi connectivity index (χ4v) is 6.12. The Hall–Kier alpha value is -2.71. The van der Waals surface area contributed by atoms with Crippen molar-refractivity contribution >= 4 is 32.7 Å². The molecule has 3 aromatic rings. The van der Waals surface area contributed by atoms with Gasteiger partial charge in [0.15, 0.2) is 0 Å². The highest BCUT2D eigenvalue weighted by atomic mass is 32.2. The van der Waals surface area contributed by atoms with Crippen LogP contribution in [-0.4, -0.2) is 37.5 Å². The van der Waals surface area contributed by atoms with Gasteiger partial charge < -0.3 is 10.6 Å². The number of sulfonamides is 1. The van der Waals surface area contributed by atoms with Crippen LogP contribution in [0.15, 0.2) is 53.4 Å². The van der Waals surface area contributed by atoms with Gasteiger partial charge in [-0.05, 0) is 85.6 Å². The molecule has 7 nitrogen and oxygen atoms in total. The van der Waals surface area contributed by atoms with Gasteiger partial charge in [0.25, 0.3) is 0 Å². The molecule has 0 amide bonds. The summed E-state index contributed by atoms with van der Waals surface area (Å²) in [6, 6.07) is 15.9. The molecule has 1 heterocycles. The lowest BCUT2D eigenvalue weighted by molar-refractivity contribution is 0.284. The number of rotatable bonds is 9. The number of hydrogen-bond donors (Lipinski definition) is 3. The van der Waals surface area contributed by atoms with Gasteiger partial charge in [-0.3, -0.25) is 0 Å². The highest BCUT2D eigenvalue weighted by molar-refractivity contribution is 7.89. The van der Waals surface area contributed by atoms with Crippen LogP contribution in [-0.2, 0) is 15.4 Å². The molecule has 2 aliphatic rings. The third-order valence-corrected chi connectivity index (χ3v) is 9.07. The predicted octanol–water partition coefficient (Wildman–Crippen LogP) is 5.70. The third-order valence-electron chi connectivity index (χ3n) is 7.63. The van der Waals surface area contributed by atoms with Crippen LogP contribution in [0.25, 0.3) is 10.9 Å². The van der Waals surface area contributed by atoms with Gasteiger partial charge in [-0.1, -0.05) is 45.0 Å². The minimum Gasteiger partial charge on any atom is -0.367 e. The van der Waals surface area contributed by atoms with Crippen molar-refractivity contribution in [2.45, 2.75) is 75.6 Å². The number of para-hydroxylation sites is 1. The van der Waals surface area contributed by atoms with Crippen LogP contribution in [0.1, 0.15) is 64.9 Å². The molecule has 2 fully saturated rings. The predicted molar refractivity (Wildman–Crippen MR) is 150 cm³/mol. The Labute approximate surface area is 220 Å². The number of benzene rings is 2. The van der Waals surface area contributed by atoms with Crippen molar-refractivity contribution in [1.82, 2.24) is 14.7 Å². The smallest absolute Gasteiger partial charge is 0.240 e. The van der Waals surface area contributed by atoms with E-state index >= 15 is 0 Å². The van der Waals surface area contributed by atoms with E-state index in [1.807, 2.05) is 30.3 Å². The Morgan fingerprint density at radius 3 is 2.14 bits per heavy atom. The topological polar surface area (TPSA) is 96.0 Å². The number of nitrogens with zero attached hydrogens (tertiary/aromatic N) is 2. The second-order valence-electron chi connectivity index (χ2n) is 11.7. The van der Waals surface area contributed by atoms with Crippen molar-refractivity contribution in [3.8, 4) is 0 Å². The Morgan fingerprint density at radius 2 is 1.49 bits per heavy atom. The summed E-state index contributed by atoms with van der Waals surface area (Å²) >= 11 is 0. The molecule has 8 heteroatoms. The molecule has 0 unspecified atom stereocenters. The average Bonchev–Trinajstić information content (AvgIpc) is 3.71. The van der Waals surface area contributed by atoms with Gasteiger partial charge in [0.2, 0.25) is 16.0 Å². The Morgan fingerprint density at radius 1 is 0.838 bits per heavy atom. The van der Waals surface area contributed by atoms with Crippen LogP contribution >= 0.6 is 0 Å². The van der Waals surface area contributed by atoms with E-state index in [0.717, 1.165) is 54.5 Å². The number of fused-ring (bicyclic) bond motifs is 1. The average molecular weight is 522 g/mol. The van der Waals surface area contributed by atoms with Gasteiger partial charge in [-0.2, -0.15) is 4.98 Å². The molecule has 0 atom stereocenters. The zero-order valence-electron chi connectivity index (χ0n) is 22.1. The first-order valence-electron chi connectivity index (χ1n) is 13.5. The van der Waals surface area contributed by atoms with E-state index in [1.54, 1.807) is 12.1 Å². The second-order valence-corrected chi connectivity index (χ2v) is 13.5. The highest BCUT2D eigenvalue weighted by Crippen LogP contribution is 2.31. The normalized spacial score (nSPS) is 20.6. The quantitative estimate of drug-likeness (QED) is 0.334. The van der Waals surface area contributed by atoms with Gasteiger partial charge in [0.05, 0.1) is 10.4 Å². The molecule has 2 aromatic carbocycles. The molecule has 2 saturated carbocycles. The molecular formula is C29H39N5O2S. The van der Waals surface area contributed by atoms with E-state index in [0.29, 0.717) is 35.3 Å². The SMILES string of the molecule is CC(C)(C)c1ccc(S(=O)(=O)NC[C@H]2CC[C@H](CNc3nc(NC4CC4)c4ccccc4n3)CC2)cc1. The van der Waals surface area contributed by atoms with Crippen LogP contribution in [0.4, 0.5) is 11.8 Å². The summed E-state index contributed by atoms with van der Waals surface area (Å²) < 4.78 is 28.5. The summed E-state index contributed by atoms with van der Waals surface area (Å²) in [6.07, 6.45) is 6.57. The summed E-state index contributed by atoms with van der Waals surface area (Å²) in [6.45, 7) is 7.70. The van der Waals surface area contributed by atoms with E-state index in [9.17, 15) is 8.42 Å². The fourth-order valence-electron chi connectivity index (χ4n) is 5.01. The van der Waals surface area contributed by atoms with E-state index < -0.39 is 10.0 Å². The highest BCUT2D eigenvalue weighted by Gasteiger charge is 2.25. The van der Waals surface area contributed by atoms with Gasteiger partial charge in [-0.15, -0.1) is 0 Å². The van der Waals surface area contributed by atoms with Crippen LogP contribution in [0.3, 0.4) is 0 Å². The largest absolute Gasteiger partial charge is 0.367 e. The lowest BCUT2D eigenvalue weighted by Gasteiger charge is -2.28. The van der Waals surface area contributed by atoms with Gasteiger partial charge in [0.1, 0.15) is 5.82 Å². The van der Waals surface area contributed by atoms with E-state index in [4.69, 9.17) is 9.97 Å². The zero-order valence-corrected chi connectivity index (χ0v) is 22.9. The molecule has 0 aliphatic heterocycles. The van der Waals surface area contributed by atoms with E-state index in [2.05, 4.69) is 42.2 Å². The van der Waals surface area contributed by atoms with Gasteiger partial charge in [0, 0.05) is 24.5 Å². The zero-order chi connectivity index (χ0) is 26.0. The fraction of sp³-hybridized carbons (Fsp3) is 0.517. The maximum absolute atomic E-state index is 12.8. The number of hydrogen-bond acceptors (Lipinski definition) is 6. The molecular weight excluding hydrogens is 482 g/mol. The number of aromatic nitrogens is 2. The van der Waals surface area contributed by atoms with Crippen molar-refractivity contribution in [3.05, 3.63) is 54.1 Å². The molecule has 37 heavy (non-hydrogen) atoms. The molecule has 198 valence electrons. The molecule has 0 saturated heterocycles. The molecule has 3 N–H and O–H groups in total. The summed E-state index contributed by atoms with van der Waals surface area (Å²) in [5.74, 6) is 2.49. The van der Waals surface area contributed by atoms with Crippen molar-refractivity contribution in [2.24, 2.45) is 11.8 Å². The Balaban J connectivity index is 1.11. The summed E-state index contributed by atoms with van der Waals surface area (Å²) in [5.41, 5.74) is 2.08. The molecule has 0 radical (unpaired) electrons. The second kappa shape index (κ2) is 10.6. The first-order chi connectivity index (χ1) is 17.7. The van der Waals surface area contributed by atoms with Crippen molar-refractivity contribution in [1.29, 1.82) is 0 Å². The molecule has 5 rings (SSSR count). The van der Waals surface area contributed by atoms with Crippen LogP contribution in [0.2, 0.25) is 0 Å². The van der Waals surface area contributed by atoms with E-state index in [1.165, 1.54) is 12.8 Å². The van der Waals surface area contributed by atoms with Crippen molar-refractivity contribution in [3.63, 3.8) is 0 Å². The van der Waals surface area contributed by atoms with Gasteiger partial charge >= 0.3 is 0 Å². The summed E-state index contributed by atoms with van der Waals surface area (Å²) in [7, 11) is -3.49. The van der Waals surface area contributed by atoms with Gasteiger partial charge in [-0.25, -0.2) is 18.1 Å².